The van der Waals surface area contributed by atoms with E-state index < -0.39 is 6.10 Å². The lowest BCUT2D eigenvalue weighted by molar-refractivity contribution is 0.110. The molecule has 1 unspecified atom stereocenters. The van der Waals surface area contributed by atoms with Crippen LogP contribution in [0.2, 0.25) is 0 Å². The van der Waals surface area contributed by atoms with Gasteiger partial charge in [-0.3, -0.25) is 0 Å². The monoisotopic (exact) mass is 248 g/mol. The summed E-state index contributed by atoms with van der Waals surface area (Å²) in [5, 5.41) is 10.3. The smallest absolute Gasteiger partial charge is 0.0916 e. The predicted molar refractivity (Wildman–Crippen MR) is 75.3 cm³/mol. The molecule has 1 fully saturated rings. The van der Waals surface area contributed by atoms with Crippen LogP contribution in [0.1, 0.15) is 37.9 Å². The molecule has 0 amide bonds. The number of aliphatic hydroxyl groups is 1. The van der Waals surface area contributed by atoms with Crippen LogP contribution < -0.4 is 5.73 Å². The minimum Gasteiger partial charge on any atom is -0.399 e. The zero-order valence-electron chi connectivity index (χ0n) is 11.2. The molecule has 1 aromatic rings. The van der Waals surface area contributed by atoms with Crippen LogP contribution in [0.15, 0.2) is 24.3 Å². The van der Waals surface area contributed by atoms with E-state index in [0.717, 1.165) is 43.2 Å². The molecule has 0 heterocycles. The van der Waals surface area contributed by atoms with Crippen molar-refractivity contribution in [3.63, 3.8) is 0 Å². The molecule has 3 nitrogen and oxygen atoms in total. The minimum atomic E-state index is -0.407. The van der Waals surface area contributed by atoms with Gasteiger partial charge in [0.2, 0.25) is 0 Å². The van der Waals surface area contributed by atoms with Crippen LogP contribution in [0, 0.1) is 5.92 Å². The molecule has 1 aliphatic rings. The largest absolute Gasteiger partial charge is 0.399 e. The summed E-state index contributed by atoms with van der Waals surface area (Å²) < 4.78 is 0. The SMILES string of the molecule is CCCN(CC1CC1)CC(O)c1ccc(N)cc1. The fourth-order valence-corrected chi connectivity index (χ4v) is 2.31. The number of nitrogens with zero attached hydrogens (tertiary/aromatic N) is 1. The number of hydrogen-bond acceptors (Lipinski definition) is 3. The topological polar surface area (TPSA) is 49.5 Å². The molecule has 0 bridgehead atoms. The van der Waals surface area contributed by atoms with Crippen LogP contribution >= 0.6 is 0 Å². The van der Waals surface area contributed by atoms with E-state index in [0.29, 0.717) is 0 Å². The number of aliphatic hydroxyl groups excluding tert-OH is 1. The summed E-state index contributed by atoms with van der Waals surface area (Å²) in [7, 11) is 0. The molecular weight excluding hydrogens is 224 g/mol. The summed E-state index contributed by atoms with van der Waals surface area (Å²) in [5.41, 5.74) is 7.36. The second-order valence-corrected chi connectivity index (χ2v) is 5.39. The standard InChI is InChI=1S/C15H24N2O/c1-2-9-17(10-12-3-4-12)11-15(18)13-5-7-14(16)8-6-13/h5-8,12,15,18H,2-4,9-11,16H2,1H3. The van der Waals surface area contributed by atoms with Crippen molar-refractivity contribution in [1.82, 2.24) is 4.90 Å². The molecule has 0 radical (unpaired) electrons. The number of nitrogens with two attached hydrogens (primary N) is 1. The van der Waals surface area contributed by atoms with Gasteiger partial charge in [-0.05, 0) is 49.4 Å². The molecule has 1 aliphatic carbocycles. The van der Waals surface area contributed by atoms with Crippen molar-refractivity contribution >= 4 is 5.69 Å². The fraction of sp³-hybridized carbons (Fsp3) is 0.600. The van der Waals surface area contributed by atoms with E-state index in [1.54, 1.807) is 0 Å². The van der Waals surface area contributed by atoms with Gasteiger partial charge >= 0.3 is 0 Å². The molecule has 1 atom stereocenters. The summed E-state index contributed by atoms with van der Waals surface area (Å²) in [6.45, 7) is 5.13. The highest BCUT2D eigenvalue weighted by Crippen LogP contribution is 2.30. The average Bonchev–Trinajstić information content (AvgIpc) is 3.14. The fourth-order valence-electron chi connectivity index (χ4n) is 2.31. The summed E-state index contributed by atoms with van der Waals surface area (Å²) >= 11 is 0. The third kappa shape index (κ3) is 4.00. The molecule has 0 spiro atoms. The maximum absolute atomic E-state index is 10.3. The molecule has 100 valence electrons. The Morgan fingerprint density at radius 1 is 1.33 bits per heavy atom. The summed E-state index contributed by atoms with van der Waals surface area (Å²) in [5.74, 6) is 0.871. The first-order chi connectivity index (χ1) is 8.69. The van der Waals surface area contributed by atoms with E-state index in [1.165, 1.54) is 12.8 Å². The molecule has 1 saturated carbocycles. The first kappa shape index (κ1) is 13.4. The van der Waals surface area contributed by atoms with Crippen LogP contribution in [0.4, 0.5) is 5.69 Å². The Morgan fingerprint density at radius 2 is 2.00 bits per heavy atom. The molecule has 0 saturated heterocycles. The quantitative estimate of drug-likeness (QED) is 0.729. The van der Waals surface area contributed by atoms with Crippen molar-refractivity contribution in [1.29, 1.82) is 0 Å². The van der Waals surface area contributed by atoms with E-state index in [2.05, 4.69) is 11.8 Å². The molecule has 1 aromatic carbocycles. The van der Waals surface area contributed by atoms with E-state index >= 15 is 0 Å². The zero-order chi connectivity index (χ0) is 13.0. The third-order valence-corrected chi connectivity index (χ3v) is 3.51. The second-order valence-electron chi connectivity index (χ2n) is 5.39. The van der Waals surface area contributed by atoms with Gasteiger partial charge in [-0.15, -0.1) is 0 Å². The van der Waals surface area contributed by atoms with E-state index in [9.17, 15) is 5.11 Å². The average molecular weight is 248 g/mol. The molecule has 18 heavy (non-hydrogen) atoms. The van der Waals surface area contributed by atoms with Crippen molar-refractivity contribution in [2.24, 2.45) is 5.92 Å². The number of rotatable bonds is 7. The van der Waals surface area contributed by atoms with Gasteiger partial charge < -0.3 is 15.7 Å². The number of nitrogen functional groups attached to an aromatic ring is 1. The second kappa shape index (κ2) is 6.21. The Balaban J connectivity index is 1.90. The zero-order valence-corrected chi connectivity index (χ0v) is 11.2. The van der Waals surface area contributed by atoms with Gasteiger partial charge in [-0.2, -0.15) is 0 Å². The van der Waals surface area contributed by atoms with E-state index in [-0.39, 0.29) is 0 Å². The maximum atomic E-state index is 10.3. The highest BCUT2D eigenvalue weighted by atomic mass is 16.3. The number of anilines is 1. The summed E-state index contributed by atoms with van der Waals surface area (Å²) in [4.78, 5) is 2.39. The van der Waals surface area contributed by atoms with Crippen LogP contribution in [0.3, 0.4) is 0 Å². The molecule has 2 rings (SSSR count). The molecular formula is C15H24N2O. The lowest BCUT2D eigenvalue weighted by Crippen LogP contribution is -2.31. The Morgan fingerprint density at radius 3 is 2.56 bits per heavy atom. The lowest BCUT2D eigenvalue weighted by atomic mass is 10.1. The van der Waals surface area contributed by atoms with Crippen LogP contribution in [-0.2, 0) is 0 Å². The van der Waals surface area contributed by atoms with Crippen molar-refractivity contribution in [3.05, 3.63) is 29.8 Å². The van der Waals surface area contributed by atoms with E-state index in [4.69, 9.17) is 5.73 Å². The van der Waals surface area contributed by atoms with Crippen molar-refractivity contribution in [3.8, 4) is 0 Å². The maximum Gasteiger partial charge on any atom is 0.0916 e. The predicted octanol–water partition coefficient (Wildman–Crippen LogP) is 2.42. The highest BCUT2D eigenvalue weighted by Gasteiger charge is 2.25. The van der Waals surface area contributed by atoms with Gasteiger partial charge in [-0.1, -0.05) is 19.1 Å². The van der Waals surface area contributed by atoms with Crippen molar-refractivity contribution < 1.29 is 5.11 Å². The normalized spacial score (nSPS) is 17.1. The van der Waals surface area contributed by atoms with Gasteiger partial charge in [0.05, 0.1) is 6.10 Å². The molecule has 3 heteroatoms. The molecule has 0 aliphatic heterocycles. The number of hydrogen-bond donors (Lipinski definition) is 2. The lowest BCUT2D eigenvalue weighted by Gasteiger charge is -2.24. The van der Waals surface area contributed by atoms with Crippen molar-refractivity contribution in [2.45, 2.75) is 32.3 Å². The van der Waals surface area contributed by atoms with Crippen LogP contribution in [0.5, 0.6) is 0 Å². The molecule has 0 aromatic heterocycles. The summed E-state index contributed by atoms with van der Waals surface area (Å²) in [6, 6.07) is 7.54. The van der Waals surface area contributed by atoms with Crippen LogP contribution in [0.25, 0.3) is 0 Å². The van der Waals surface area contributed by atoms with E-state index in [1.807, 2.05) is 24.3 Å². The first-order valence-electron chi connectivity index (χ1n) is 6.95. The van der Waals surface area contributed by atoms with Crippen LogP contribution in [-0.4, -0.2) is 29.6 Å². The Labute approximate surface area is 110 Å². The van der Waals surface area contributed by atoms with Crippen molar-refractivity contribution in [2.75, 3.05) is 25.4 Å². The number of benzene rings is 1. The minimum absolute atomic E-state index is 0.407. The Bertz CT molecular complexity index is 359. The van der Waals surface area contributed by atoms with Gasteiger partial charge in [0, 0.05) is 18.8 Å². The van der Waals surface area contributed by atoms with Gasteiger partial charge in [0.15, 0.2) is 0 Å². The third-order valence-electron chi connectivity index (χ3n) is 3.51. The molecule has 3 N–H and O–H groups in total. The summed E-state index contributed by atoms with van der Waals surface area (Å²) in [6.07, 6.45) is 3.45. The Hall–Kier alpha value is -1.06. The first-order valence-corrected chi connectivity index (χ1v) is 6.95. The Kier molecular flexibility index (Phi) is 4.61. The van der Waals surface area contributed by atoms with Gasteiger partial charge in [-0.25, -0.2) is 0 Å². The van der Waals surface area contributed by atoms with Gasteiger partial charge in [0.1, 0.15) is 0 Å². The highest BCUT2D eigenvalue weighted by molar-refractivity contribution is 5.39. The van der Waals surface area contributed by atoms with Gasteiger partial charge in [0.25, 0.3) is 0 Å².